The van der Waals surface area contributed by atoms with Crippen molar-refractivity contribution in [3.63, 3.8) is 0 Å². The molecule has 90 valence electrons. The fourth-order valence-electron chi connectivity index (χ4n) is 1.01. The van der Waals surface area contributed by atoms with Crippen LogP contribution in [0, 0.1) is 0 Å². The number of nitrogens with one attached hydrogen (secondary N) is 2. The van der Waals surface area contributed by atoms with Crippen molar-refractivity contribution in [2.24, 2.45) is 0 Å². The molecule has 5 nitrogen and oxygen atoms in total. The molecule has 0 aliphatic heterocycles. The van der Waals surface area contributed by atoms with Crippen LogP contribution in [0.2, 0.25) is 0 Å². The van der Waals surface area contributed by atoms with Crippen molar-refractivity contribution in [1.29, 1.82) is 0 Å². The summed E-state index contributed by atoms with van der Waals surface area (Å²) >= 11 is 1.39. The summed E-state index contributed by atoms with van der Waals surface area (Å²) in [6.45, 7) is 7.94. The van der Waals surface area contributed by atoms with E-state index < -0.39 is 0 Å². The van der Waals surface area contributed by atoms with Gasteiger partial charge in [-0.1, -0.05) is 18.7 Å². The van der Waals surface area contributed by atoms with Crippen molar-refractivity contribution >= 4 is 17.7 Å². The summed E-state index contributed by atoms with van der Waals surface area (Å²) in [5.41, 5.74) is -0.157. The van der Waals surface area contributed by atoms with Gasteiger partial charge in [0.2, 0.25) is 5.91 Å². The van der Waals surface area contributed by atoms with Gasteiger partial charge in [0.1, 0.15) is 5.03 Å². The zero-order valence-corrected chi connectivity index (χ0v) is 10.9. The number of amides is 1. The SMILES string of the molecule is CCC(C)(C)NC(=O)[C@@H](C)Sc1cn[nH]n1. The lowest BCUT2D eigenvalue weighted by atomic mass is 10.0. The highest BCUT2D eigenvalue weighted by Crippen LogP contribution is 2.20. The minimum absolute atomic E-state index is 0.0276. The number of hydrogen-bond donors (Lipinski definition) is 2. The van der Waals surface area contributed by atoms with Crippen molar-refractivity contribution in [3.8, 4) is 0 Å². The van der Waals surface area contributed by atoms with E-state index in [0.717, 1.165) is 11.4 Å². The first-order valence-electron chi connectivity index (χ1n) is 5.29. The normalized spacial score (nSPS) is 13.5. The molecule has 0 saturated heterocycles. The van der Waals surface area contributed by atoms with Crippen molar-refractivity contribution in [3.05, 3.63) is 6.20 Å². The Morgan fingerprint density at radius 2 is 2.38 bits per heavy atom. The third-order valence-electron chi connectivity index (χ3n) is 2.41. The second kappa shape index (κ2) is 5.34. The van der Waals surface area contributed by atoms with Crippen LogP contribution in [-0.2, 0) is 4.79 Å². The summed E-state index contributed by atoms with van der Waals surface area (Å²) in [6.07, 6.45) is 2.51. The predicted molar refractivity (Wildman–Crippen MR) is 64.2 cm³/mol. The quantitative estimate of drug-likeness (QED) is 0.769. The number of carbonyl (C=O) groups is 1. The fourth-order valence-corrected chi connectivity index (χ4v) is 1.74. The third-order valence-corrected chi connectivity index (χ3v) is 3.41. The number of carbonyl (C=O) groups excluding carboxylic acids is 1. The molecule has 16 heavy (non-hydrogen) atoms. The van der Waals surface area contributed by atoms with E-state index in [4.69, 9.17) is 0 Å². The van der Waals surface area contributed by atoms with Crippen LogP contribution in [0.15, 0.2) is 11.2 Å². The van der Waals surface area contributed by atoms with Gasteiger partial charge in [-0.2, -0.15) is 10.3 Å². The highest BCUT2D eigenvalue weighted by atomic mass is 32.2. The van der Waals surface area contributed by atoms with Gasteiger partial charge in [-0.05, 0) is 27.2 Å². The average molecular weight is 242 g/mol. The van der Waals surface area contributed by atoms with E-state index in [2.05, 4.69) is 27.7 Å². The van der Waals surface area contributed by atoms with Gasteiger partial charge in [0.15, 0.2) is 0 Å². The molecule has 1 rings (SSSR count). The molecule has 1 atom stereocenters. The molecule has 0 radical (unpaired) electrons. The van der Waals surface area contributed by atoms with Crippen molar-refractivity contribution < 1.29 is 4.79 Å². The molecule has 1 aromatic rings. The molecular weight excluding hydrogens is 224 g/mol. The molecule has 0 aliphatic rings. The molecular formula is C10H18N4OS. The van der Waals surface area contributed by atoms with Crippen LogP contribution in [0.3, 0.4) is 0 Å². The van der Waals surface area contributed by atoms with Crippen molar-refractivity contribution in [2.75, 3.05) is 0 Å². The molecule has 0 fully saturated rings. The van der Waals surface area contributed by atoms with E-state index in [-0.39, 0.29) is 16.7 Å². The summed E-state index contributed by atoms with van der Waals surface area (Å²) < 4.78 is 0. The molecule has 0 bridgehead atoms. The molecule has 2 N–H and O–H groups in total. The van der Waals surface area contributed by atoms with Gasteiger partial charge in [0.05, 0.1) is 11.4 Å². The first-order chi connectivity index (χ1) is 7.44. The van der Waals surface area contributed by atoms with Crippen LogP contribution in [0.1, 0.15) is 34.1 Å². The molecule has 1 aromatic heterocycles. The lowest BCUT2D eigenvalue weighted by Gasteiger charge is -2.26. The highest BCUT2D eigenvalue weighted by molar-refractivity contribution is 8.00. The third kappa shape index (κ3) is 3.84. The van der Waals surface area contributed by atoms with E-state index >= 15 is 0 Å². The van der Waals surface area contributed by atoms with Crippen LogP contribution >= 0.6 is 11.8 Å². The summed E-state index contributed by atoms with van der Waals surface area (Å²) in [5, 5.41) is 13.7. The maximum Gasteiger partial charge on any atom is 0.233 e. The van der Waals surface area contributed by atoms with Gasteiger partial charge in [-0.3, -0.25) is 4.79 Å². The Labute approximate surface area is 99.8 Å². The van der Waals surface area contributed by atoms with E-state index in [1.807, 2.05) is 20.8 Å². The number of H-pyrrole nitrogens is 1. The Bertz CT molecular complexity index is 337. The summed E-state index contributed by atoms with van der Waals surface area (Å²) in [5.74, 6) is 0.0276. The molecule has 1 heterocycles. The molecule has 0 aromatic carbocycles. The van der Waals surface area contributed by atoms with E-state index in [1.54, 1.807) is 6.20 Å². The largest absolute Gasteiger partial charge is 0.350 e. The zero-order chi connectivity index (χ0) is 12.2. The number of hydrogen-bond acceptors (Lipinski definition) is 4. The smallest absolute Gasteiger partial charge is 0.233 e. The second-order valence-corrected chi connectivity index (χ2v) is 5.66. The Morgan fingerprint density at radius 3 is 2.88 bits per heavy atom. The van der Waals surface area contributed by atoms with Gasteiger partial charge in [-0.25, -0.2) is 0 Å². The number of thioether (sulfide) groups is 1. The van der Waals surface area contributed by atoms with Gasteiger partial charge in [0, 0.05) is 5.54 Å². The number of nitrogens with zero attached hydrogens (tertiary/aromatic N) is 2. The second-order valence-electron chi connectivity index (χ2n) is 4.30. The van der Waals surface area contributed by atoms with E-state index in [0.29, 0.717) is 0 Å². The van der Waals surface area contributed by atoms with Gasteiger partial charge < -0.3 is 5.32 Å². The summed E-state index contributed by atoms with van der Waals surface area (Å²) in [4.78, 5) is 11.9. The Morgan fingerprint density at radius 1 is 1.69 bits per heavy atom. The topological polar surface area (TPSA) is 70.7 Å². The summed E-state index contributed by atoms with van der Waals surface area (Å²) in [6, 6.07) is 0. The van der Waals surface area contributed by atoms with Gasteiger partial charge >= 0.3 is 0 Å². The Kier molecular flexibility index (Phi) is 4.35. The molecule has 0 saturated carbocycles. The lowest BCUT2D eigenvalue weighted by Crippen LogP contribution is -2.46. The van der Waals surface area contributed by atoms with Crippen LogP contribution in [-0.4, -0.2) is 32.1 Å². The van der Waals surface area contributed by atoms with Crippen LogP contribution in [0.5, 0.6) is 0 Å². The van der Waals surface area contributed by atoms with E-state index in [9.17, 15) is 4.79 Å². The summed E-state index contributed by atoms with van der Waals surface area (Å²) in [7, 11) is 0. The number of rotatable bonds is 5. The fraction of sp³-hybridized carbons (Fsp3) is 0.700. The molecule has 1 amide bonds. The molecule has 0 unspecified atom stereocenters. The predicted octanol–water partition coefficient (Wildman–Crippen LogP) is 1.59. The minimum Gasteiger partial charge on any atom is -0.350 e. The average Bonchev–Trinajstić information content (AvgIpc) is 2.69. The molecule has 6 heteroatoms. The van der Waals surface area contributed by atoms with Gasteiger partial charge in [0.25, 0.3) is 0 Å². The monoisotopic (exact) mass is 242 g/mol. The first kappa shape index (κ1) is 13.0. The standard InChI is InChI=1S/C10H18N4OS/c1-5-10(3,4)12-9(15)7(2)16-8-6-11-14-13-8/h6-7H,5H2,1-4H3,(H,12,15)(H,11,13,14)/t7-/m1/s1. The van der Waals surface area contributed by atoms with E-state index in [1.165, 1.54) is 11.8 Å². The lowest BCUT2D eigenvalue weighted by molar-refractivity contribution is -0.121. The van der Waals surface area contributed by atoms with Crippen molar-refractivity contribution in [2.45, 2.75) is 49.9 Å². The maximum atomic E-state index is 11.9. The zero-order valence-electron chi connectivity index (χ0n) is 10.1. The number of aromatic amines is 1. The Hall–Kier alpha value is -1.04. The highest BCUT2D eigenvalue weighted by Gasteiger charge is 2.22. The van der Waals surface area contributed by atoms with Gasteiger partial charge in [-0.15, -0.1) is 5.10 Å². The minimum atomic E-state index is -0.170. The molecule has 0 spiro atoms. The molecule has 0 aliphatic carbocycles. The number of aromatic nitrogens is 3. The van der Waals surface area contributed by atoms with Crippen LogP contribution < -0.4 is 5.32 Å². The van der Waals surface area contributed by atoms with Crippen LogP contribution in [0.4, 0.5) is 0 Å². The van der Waals surface area contributed by atoms with Crippen molar-refractivity contribution in [1.82, 2.24) is 20.7 Å². The van der Waals surface area contributed by atoms with Crippen LogP contribution in [0.25, 0.3) is 0 Å². The maximum absolute atomic E-state index is 11.9. The first-order valence-corrected chi connectivity index (χ1v) is 6.17. The Balaban J connectivity index is 2.48.